The molecule has 0 radical (unpaired) electrons. The minimum Gasteiger partial charge on any atom is -0.497 e. The summed E-state index contributed by atoms with van der Waals surface area (Å²) in [5.74, 6) is 1.40. The number of aromatic nitrogens is 2. The summed E-state index contributed by atoms with van der Waals surface area (Å²) in [7, 11) is 1.63. The molecule has 7 nitrogen and oxygen atoms in total. The van der Waals surface area contributed by atoms with Crippen LogP contribution in [0.2, 0.25) is 0 Å². The van der Waals surface area contributed by atoms with E-state index in [2.05, 4.69) is 11.4 Å². The number of fused-ring (bicyclic) bond motifs is 1. The van der Waals surface area contributed by atoms with E-state index in [0.29, 0.717) is 30.2 Å². The number of anilines is 1. The van der Waals surface area contributed by atoms with Crippen LogP contribution in [0.25, 0.3) is 11.4 Å². The molecule has 0 saturated carbocycles. The van der Waals surface area contributed by atoms with Gasteiger partial charge in [-0.1, -0.05) is 24.3 Å². The van der Waals surface area contributed by atoms with E-state index in [1.807, 2.05) is 57.2 Å². The van der Waals surface area contributed by atoms with E-state index in [1.54, 1.807) is 18.6 Å². The fourth-order valence-electron chi connectivity index (χ4n) is 4.60. The maximum atomic E-state index is 13.6. The van der Waals surface area contributed by atoms with Crippen LogP contribution in [0.5, 0.6) is 5.75 Å². The van der Waals surface area contributed by atoms with Gasteiger partial charge in [0, 0.05) is 18.5 Å². The maximum absolute atomic E-state index is 13.6. The first-order valence-corrected chi connectivity index (χ1v) is 11.3. The Hall–Kier alpha value is -3.16. The number of ether oxygens (including phenoxy) is 2. The van der Waals surface area contributed by atoms with Gasteiger partial charge in [0.15, 0.2) is 6.29 Å². The fraction of sp³-hybridized carbons (Fsp3) is 0.385. The second-order valence-corrected chi connectivity index (χ2v) is 8.42. The lowest BCUT2D eigenvalue weighted by Gasteiger charge is -2.25. The van der Waals surface area contributed by atoms with Crippen LogP contribution in [0.1, 0.15) is 42.3 Å². The first-order valence-electron chi connectivity index (χ1n) is 11.3. The smallest absolute Gasteiger partial charge is 0.277 e. The third-order valence-corrected chi connectivity index (χ3v) is 6.20. The Morgan fingerprint density at radius 2 is 2.00 bits per heavy atom. The zero-order chi connectivity index (χ0) is 23.7. The third kappa shape index (κ3) is 4.38. The van der Waals surface area contributed by atoms with Crippen LogP contribution in [0.4, 0.5) is 5.69 Å². The second kappa shape index (κ2) is 9.37. The van der Waals surface area contributed by atoms with E-state index < -0.39 is 6.29 Å². The highest BCUT2D eigenvalue weighted by molar-refractivity contribution is 5.64. The number of nitrogens with zero attached hydrogens (tertiary/aromatic N) is 2. The van der Waals surface area contributed by atoms with Crippen molar-refractivity contribution >= 4 is 5.69 Å². The molecule has 0 amide bonds. The quantitative estimate of drug-likeness (QED) is 0.531. The van der Waals surface area contributed by atoms with Crippen molar-refractivity contribution in [2.75, 3.05) is 12.4 Å². The first-order chi connectivity index (χ1) is 15.8. The summed E-state index contributed by atoms with van der Waals surface area (Å²) in [6.07, 6.45) is -0.531. The summed E-state index contributed by atoms with van der Waals surface area (Å²) in [6.45, 7) is 7.85. The number of benzene rings is 2. The molecule has 0 saturated heterocycles. The van der Waals surface area contributed by atoms with E-state index in [4.69, 9.17) is 14.5 Å². The van der Waals surface area contributed by atoms with Crippen molar-refractivity contribution in [1.82, 2.24) is 9.55 Å². The molecular formula is C26H31N3O4. The summed E-state index contributed by atoms with van der Waals surface area (Å²) in [5, 5.41) is 13.3. The molecule has 2 unspecified atom stereocenters. The predicted octanol–water partition coefficient (Wildman–Crippen LogP) is 3.99. The molecule has 1 aromatic heterocycles. The van der Waals surface area contributed by atoms with Crippen LogP contribution < -0.4 is 15.6 Å². The number of aryl methyl sites for hydroxylation is 2. The van der Waals surface area contributed by atoms with E-state index in [1.165, 1.54) is 0 Å². The van der Waals surface area contributed by atoms with Crippen molar-refractivity contribution in [3.05, 3.63) is 75.2 Å². The number of nitrogens with one attached hydrogen (secondary N) is 1. The van der Waals surface area contributed by atoms with Crippen LogP contribution in [0, 0.1) is 13.8 Å². The van der Waals surface area contributed by atoms with Gasteiger partial charge in [-0.15, -0.1) is 0 Å². The van der Waals surface area contributed by atoms with Gasteiger partial charge in [0.05, 0.1) is 24.9 Å². The Labute approximate surface area is 194 Å². The molecule has 33 heavy (non-hydrogen) atoms. The van der Waals surface area contributed by atoms with Gasteiger partial charge >= 0.3 is 0 Å². The fourth-order valence-corrected chi connectivity index (χ4v) is 4.60. The Balaban J connectivity index is 1.77. The number of hydrogen-bond donors (Lipinski definition) is 2. The zero-order valence-corrected chi connectivity index (χ0v) is 19.8. The lowest BCUT2D eigenvalue weighted by molar-refractivity contribution is -0.125. The average Bonchev–Trinajstić information content (AvgIpc) is 3.12. The Morgan fingerprint density at radius 1 is 1.24 bits per heavy atom. The van der Waals surface area contributed by atoms with Crippen molar-refractivity contribution < 1.29 is 14.6 Å². The lowest BCUT2D eigenvalue weighted by atomic mass is 10.1. The van der Waals surface area contributed by atoms with Crippen LogP contribution in [0.3, 0.4) is 0 Å². The molecule has 2 N–H and O–H groups in total. The molecule has 4 rings (SSSR count). The van der Waals surface area contributed by atoms with Gasteiger partial charge in [-0.25, -0.2) is 4.98 Å². The molecule has 0 bridgehead atoms. The van der Waals surface area contributed by atoms with Gasteiger partial charge in [-0.05, 0) is 62.6 Å². The van der Waals surface area contributed by atoms with Crippen LogP contribution >= 0.6 is 0 Å². The molecular weight excluding hydrogens is 418 g/mol. The van der Waals surface area contributed by atoms with Gasteiger partial charge in [0.25, 0.3) is 5.56 Å². The molecule has 3 aromatic rings. The molecule has 1 aliphatic carbocycles. The van der Waals surface area contributed by atoms with Crippen molar-refractivity contribution in [1.29, 1.82) is 0 Å². The van der Waals surface area contributed by atoms with E-state index in [0.717, 1.165) is 28.0 Å². The maximum Gasteiger partial charge on any atom is 0.277 e. The van der Waals surface area contributed by atoms with Crippen molar-refractivity contribution in [2.45, 2.75) is 59.1 Å². The molecule has 174 valence electrons. The lowest BCUT2D eigenvalue weighted by Crippen LogP contribution is -2.33. The third-order valence-electron chi connectivity index (χ3n) is 6.20. The summed E-state index contributed by atoms with van der Waals surface area (Å²) < 4.78 is 12.8. The highest BCUT2D eigenvalue weighted by Crippen LogP contribution is 2.36. The monoisotopic (exact) mass is 449 g/mol. The van der Waals surface area contributed by atoms with Crippen LogP contribution in [-0.2, 0) is 17.7 Å². The number of aliphatic hydroxyl groups excluding tert-OH is 1. The minimum absolute atomic E-state index is 0.129. The van der Waals surface area contributed by atoms with Gasteiger partial charge in [-0.2, -0.15) is 0 Å². The minimum atomic E-state index is -0.902. The van der Waals surface area contributed by atoms with E-state index in [9.17, 15) is 9.90 Å². The predicted molar refractivity (Wildman–Crippen MR) is 129 cm³/mol. The number of aliphatic hydroxyl groups is 1. The second-order valence-electron chi connectivity index (χ2n) is 8.42. The average molecular weight is 450 g/mol. The summed E-state index contributed by atoms with van der Waals surface area (Å²) in [4.78, 5) is 18.5. The normalized spacial score (nSPS) is 18.1. The molecule has 2 aromatic carbocycles. The first kappa shape index (κ1) is 23.0. The van der Waals surface area contributed by atoms with Crippen molar-refractivity contribution in [3.63, 3.8) is 0 Å². The zero-order valence-electron chi connectivity index (χ0n) is 19.8. The topological polar surface area (TPSA) is 85.6 Å². The largest absolute Gasteiger partial charge is 0.497 e. The number of rotatable bonds is 7. The Bertz CT molecular complexity index is 1220. The molecule has 0 aliphatic heterocycles. The van der Waals surface area contributed by atoms with Gasteiger partial charge in [-0.3, -0.25) is 9.36 Å². The van der Waals surface area contributed by atoms with Gasteiger partial charge < -0.3 is 19.9 Å². The van der Waals surface area contributed by atoms with E-state index >= 15 is 0 Å². The SMILES string of the molecule is CCn1c(-c2ccc(OC)cc2C)nc(C)c(NC2c3ccccc3C[C@@H]2OC(C)O)c1=O. The number of methoxy groups -OCH3 is 1. The molecule has 0 fully saturated rings. The van der Waals surface area contributed by atoms with Gasteiger partial charge in [0.1, 0.15) is 17.3 Å². The summed E-state index contributed by atoms with van der Waals surface area (Å²) in [5.41, 5.74) is 5.04. The molecule has 0 spiro atoms. The standard InChI is InChI=1S/C26H31N3O4/c1-6-29-25(20-12-11-19(32-5)13-15(20)2)27-16(3)23(26(29)31)28-24-21-10-8-7-9-18(21)14-22(24)33-17(4)30/h7-13,17,22,24,28,30H,6,14H2,1-5H3/t17?,22-,24?/m0/s1. The van der Waals surface area contributed by atoms with Gasteiger partial charge in [0.2, 0.25) is 0 Å². The van der Waals surface area contributed by atoms with Crippen molar-refractivity contribution in [2.24, 2.45) is 0 Å². The molecule has 7 heteroatoms. The highest BCUT2D eigenvalue weighted by atomic mass is 16.6. The summed E-state index contributed by atoms with van der Waals surface area (Å²) in [6, 6.07) is 13.6. The summed E-state index contributed by atoms with van der Waals surface area (Å²) >= 11 is 0. The molecule has 1 aliphatic rings. The van der Waals surface area contributed by atoms with Crippen molar-refractivity contribution in [3.8, 4) is 17.1 Å². The Morgan fingerprint density at radius 3 is 2.67 bits per heavy atom. The molecule has 3 atom stereocenters. The highest BCUT2D eigenvalue weighted by Gasteiger charge is 2.35. The molecule has 1 heterocycles. The number of hydrogen-bond acceptors (Lipinski definition) is 6. The van der Waals surface area contributed by atoms with E-state index in [-0.39, 0.29) is 17.7 Å². The van der Waals surface area contributed by atoms with Crippen LogP contribution in [0.15, 0.2) is 47.3 Å². The van der Waals surface area contributed by atoms with Crippen LogP contribution in [-0.4, -0.2) is 34.2 Å². The Kier molecular flexibility index (Phi) is 6.54.